The lowest BCUT2D eigenvalue weighted by atomic mass is 9.93. The first-order valence-electron chi connectivity index (χ1n) is 11.3. The predicted octanol–water partition coefficient (Wildman–Crippen LogP) is 2.51. The van der Waals surface area contributed by atoms with Crippen molar-refractivity contribution in [1.82, 2.24) is 25.1 Å². The highest BCUT2D eigenvalue weighted by atomic mass is 16.1. The summed E-state index contributed by atoms with van der Waals surface area (Å²) in [5.41, 5.74) is 2.55. The summed E-state index contributed by atoms with van der Waals surface area (Å²) in [4.78, 5) is 26.0. The second-order valence-electron chi connectivity index (χ2n) is 8.59. The van der Waals surface area contributed by atoms with Crippen LogP contribution in [0.3, 0.4) is 0 Å². The molecule has 160 valence electrons. The van der Waals surface area contributed by atoms with E-state index in [1.54, 1.807) is 12.4 Å². The van der Waals surface area contributed by atoms with Gasteiger partial charge in [0.05, 0.1) is 5.92 Å². The Labute approximate surface area is 179 Å². The number of hydrogen-bond acceptors (Lipinski definition) is 5. The lowest BCUT2D eigenvalue weighted by Crippen LogP contribution is -2.50. The second-order valence-corrected chi connectivity index (χ2v) is 8.59. The predicted molar refractivity (Wildman–Crippen MR) is 118 cm³/mol. The molecule has 2 aliphatic rings. The third-order valence-electron chi connectivity index (χ3n) is 6.51. The molecule has 2 fully saturated rings. The Bertz CT molecular complexity index is 777. The molecule has 0 unspecified atom stereocenters. The Morgan fingerprint density at radius 2 is 1.60 bits per heavy atom. The largest absolute Gasteiger partial charge is 0.355 e. The van der Waals surface area contributed by atoms with E-state index in [1.165, 1.54) is 24.0 Å². The Morgan fingerprint density at radius 3 is 2.30 bits per heavy atom. The minimum Gasteiger partial charge on any atom is -0.355 e. The molecule has 0 spiro atoms. The molecule has 2 aliphatic heterocycles. The van der Waals surface area contributed by atoms with Crippen molar-refractivity contribution >= 4 is 5.91 Å². The number of nitrogens with zero attached hydrogens (tertiary/aromatic N) is 4. The van der Waals surface area contributed by atoms with Crippen LogP contribution in [0.4, 0.5) is 0 Å². The van der Waals surface area contributed by atoms with Gasteiger partial charge in [0, 0.05) is 50.5 Å². The molecular formula is C24H33N5O. The molecule has 6 nitrogen and oxygen atoms in total. The number of piperidine rings is 2. The van der Waals surface area contributed by atoms with Gasteiger partial charge in [-0.1, -0.05) is 0 Å². The number of aromatic nitrogens is 2. The molecule has 4 rings (SSSR count). The van der Waals surface area contributed by atoms with E-state index in [0.29, 0.717) is 12.6 Å². The number of rotatable bonds is 7. The lowest BCUT2D eigenvalue weighted by Gasteiger charge is -2.42. The number of nitrogens with one attached hydrogen (secondary N) is 1. The fraction of sp³-hybridized carbons (Fsp3) is 0.542. The summed E-state index contributed by atoms with van der Waals surface area (Å²) >= 11 is 0. The number of carbonyl (C=O) groups excluding carboxylic acids is 1. The molecule has 6 heteroatoms. The van der Waals surface area contributed by atoms with Crippen LogP contribution in [0, 0.1) is 5.92 Å². The van der Waals surface area contributed by atoms with Gasteiger partial charge < -0.3 is 5.32 Å². The van der Waals surface area contributed by atoms with Crippen molar-refractivity contribution in [3.63, 3.8) is 0 Å². The first-order valence-corrected chi connectivity index (χ1v) is 11.3. The van der Waals surface area contributed by atoms with Gasteiger partial charge in [0.25, 0.3) is 0 Å². The van der Waals surface area contributed by atoms with Crippen molar-refractivity contribution in [1.29, 1.82) is 0 Å². The lowest BCUT2D eigenvalue weighted by molar-refractivity contribution is -0.127. The monoisotopic (exact) mass is 407 g/mol. The minimum absolute atomic E-state index is 0.131. The molecule has 2 saturated heterocycles. The van der Waals surface area contributed by atoms with E-state index in [0.717, 1.165) is 52.0 Å². The van der Waals surface area contributed by atoms with Gasteiger partial charge in [-0.3, -0.25) is 24.6 Å². The van der Waals surface area contributed by atoms with E-state index in [2.05, 4.69) is 37.2 Å². The van der Waals surface area contributed by atoms with Gasteiger partial charge in [-0.05, 0) is 87.1 Å². The fourth-order valence-corrected chi connectivity index (χ4v) is 4.76. The molecule has 0 bridgehead atoms. The molecule has 1 amide bonds. The Morgan fingerprint density at radius 1 is 0.933 bits per heavy atom. The molecule has 1 atom stereocenters. The van der Waals surface area contributed by atoms with Crippen LogP contribution < -0.4 is 5.32 Å². The molecule has 0 aliphatic carbocycles. The van der Waals surface area contributed by atoms with Crippen LogP contribution in [0.1, 0.15) is 36.8 Å². The summed E-state index contributed by atoms with van der Waals surface area (Å²) < 4.78 is 0. The van der Waals surface area contributed by atoms with Gasteiger partial charge in [0.2, 0.25) is 5.91 Å². The SMILES string of the molecule is O=C(NCCc1ccncc1)[C@@H]1CCCN(C2CCN(Cc3ccncc3)CC2)C1. The number of carbonyl (C=O) groups is 1. The summed E-state index contributed by atoms with van der Waals surface area (Å²) in [6.07, 6.45) is 12.7. The molecular weight excluding hydrogens is 374 g/mol. The highest BCUT2D eigenvalue weighted by Crippen LogP contribution is 2.24. The average Bonchev–Trinajstić information content (AvgIpc) is 2.81. The zero-order chi connectivity index (χ0) is 20.6. The highest BCUT2D eigenvalue weighted by Gasteiger charge is 2.31. The molecule has 30 heavy (non-hydrogen) atoms. The quantitative estimate of drug-likeness (QED) is 0.764. The van der Waals surface area contributed by atoms with E-state index >= 15 is 0 Å². The topological polar surface area (TPSA) is 61.4 Å². The summed E-state index contributed by atoms with van der Waals surface area (Å²) in [5, 5.41) is 3.16. The molecule has 2 aromatic heterocycles. The summed E-state index contributed by atoms with van der Waals surface area (Å²) in [5.74, 6) is 0.356. The van der Waals surface area contributed by atoms with E-state index < -0.39 is 0 Å². The first-order chi connectivity index (χ1) is 14.8. The van der Waals surface area contributed by atoms with Gasteiger partial charge in [-0.2, -0.15) is 0 Å². The average molecular weight is 408 g/mol. The van der Waals surface area contributed by atoms with Gasteiger partial charge in [0.15, 0.2) is 0 Å². The van der Waals surface area contributed by atoms with Crippen LogP contribution in [0.25, 0.3) is 0 Å². The summed E-state index contributed by atoms with van der Waals surface area (Å²) in [7, 11) is 0. The zero-order valence-electron chi connectivity index (χ0n) is 17.7. The molecule has 2 aromatic rings. The standard InChI is InChI=1S/C24H33N5O/c30-24(27-14-7-20-3-10-25-11-4-20)22-2-1-15-29(19-22)23-8-16-28(17-9-23)18-21-5-12-26-13-6-21/h3-6,10-13,22-23H,1-2,7-9,14-19H2,(H,27,30)/t22-/m1/s1. The van der Waals surface area contributed by atoms with Crippen molar-refractivity contribution in [3.05, 3.63) is 60.2 Å². The van der Waals surface area contributed by atoms with E-state index in [9.17, 15) is 4.79 Å². The Balaban J connectivity index is 1.20. The van der Waals surface area contributed by atoms with E-state index in [-0.39, 0.29) is 11.8 Å². The number of likely N-dealkylation sites (tertiary alicyclic amines) is 2. The number of pyridine rings is 2. The van der Waals surface area contributed by atoms with Crippen LogP contribution in [-0.2, 0) is 17.8 Å². The summed E-state index contributed by atoms with van der Waals surface area (Å²) in [6, 6.07) is 8.85. The Hall–Kier alpha value is -2.31. The van der Waals surface area contributed by atoms with Crippen molar-refractivity contribution < 1.29 is 4.79 Å². The zero-order valence-corrected chi connectivity index (χ0v) is 17.7. The normalized spacial score (nSPS) is 21.4. The minimum atomic E-state index is 0.131. The van der Waals surface area contributed by atoms with Crippen LogP contribution in [0.5, 0.6) is 0 Å². The summed E-state index contributed by atoms with van der Waals surface area (Å²) in [6.45, 7) is 6.02. The third kappa shape index (κ3) is 5.86. The van der Waals surface area contributed by atoms with Crippen molar-refractivity contribution in [3.8, 4) is 0 Å². The second kappa shape index (κ2) is 10.6. The maximum atomic E-state index is 12.7. The van der Waals surface area contributed by atoms with Crippen LogP contribution in [0.2, 0.25) is 0 Å². The first kappa shape index (κ1) is 20.9. The fourth-order valence-electron chi connectivity index (χ4n) is 4.76. The van der Waals surface area contributed by atoms with Gasteiger partial charge in [-0.15, -0.1) is 0 Å². The van der Waals surface area contributed by atoms with Crippen molar-refractivity contribution in [2.75, 3.05) is 32.7 Å². The van der Waals surface area contributed by atoms with Gasteiger partial charge in [-0.25, -0.2) is 0 Å². The van der Waals surface area contributed by atoms with E-state index in [4.69, 9.17) is 0 Å². The van der Waals surface area contributed by atoms with E-state index in [1.807, 2.05) is 24.5 Å². The number of hydrogen-bond donors (Lipinski definition) is 1. The molecule has 0 radical (unpaired) electrons. The Kier molecular flexibility index (Phi) is 7.43. The molecule has 4 heterocycles. The molecule has 0 aromatic carbocycles. The van der Waals surface area contributed by atoms with Gasteiger partial charge in [0.1, 0.15) is 0 Å². The highest BCUT2D eigenvalue weighted by molar-refractivity contribution is 5.79. The smallest absolute Gasteiger partial charge is 0.224 e. The van der Waals surface area contributed by atoms with Crippen molar-refractivity contribution in [2.24, 2.45) is 5.92 Å². The van der Waals surface area contributed by atoms with Crippen LogP contribution in [0.15, 0.2) is 49.1 Å². The number of amides is 1. The maximum absolute atomic E-state index is 12.7. The molecule has 1 N–H and O–H groups in total. The van der Waals surface area contributed by atoms with Gasteiger partial charge >= 0.3 is 0 Å². The van der Waals surface area contributed by atoms with Crippen molar-refractivity contribution in [2.45, 2.75) is 44.7 Å². The molecule has 0 saturated carbocycles. The maximum Gasteiger partial charge on any atom is 0.224 e. The van der Waals surface area contributed by atoms with Crippen LogP contribution in [-0.4, -0.2) is 64.4 Å². The van der Waals surface area contributed by atoms with Crippen LogP contribution >= 0.6 is 0 Å². The third-order valence-corrected chi connectivity index (χ3v) is 6.51.